The van der Waals surface area contributed by atoms with Gasteiger partial charge in [0.15, 0.2) is 17.1 Å². The van der Waals surface area contributed by atoms with E-state index in [1.807, 2.05) is 6.92 Å². The molecule has 0 aliphatic carbocycles. The van der Waals surface area contributed by atoms with Crippen molar-refractivity contribution < 1.29 is 4.42 Å². The van der Waals surface area contributed by atoms with Gasteiger partial charge in [0.1, 0.15) is 5.82 Å². The molecule has 0 atom stereocenters. The molecule has 0 aliphatic heterocycles. The largest absolute Gasteiger partial charge is 0.421 e. The molecule has 8 heteroatoms. The third-order valence-corrected chi connectivity index (χ3v) is 2.77. The molecule has 3 aromatic rings. The summed E-state index contributed by atoms with van der Waals surface area (Å²) < 4.78 is 6.49. The van der Waals surface area contributed by atoms with Gasteiger partial charge < -0.3 is 9.84 Å². The number of oxazole rings is 1. The lowest BCUT2D eigenvalue weighted by Crippen LogP contribution is -2.18. The van der Waals surface area contributed by atoms with Gasteiger partial charge in [-0.05, 0) is 19.1 Å². The molecule has 3 heterocycles. The number of nitrogens with one attached hydrogen (secondary N) is 1. The average Bonchev–Trinajstić information content (AvgIpc) is 2.75. The van der Waals surface area contributed by atoms with Gasteiger partial charge in [0.2, 0.25) is 0 Å². The molecule has 3 N–H and O–H groups in total. The van der Waals surface area contributed by atoms with Gasteiger partial charge in [-0.25, -0.2) is 25.6 Å². The van der Waals surface area contributed by atoms with Gasteiger partial charge in [0, 0.05) is 18.0 Å². The first-order valence-electron chi connectivity index (χ1n) is 5.93. The van der Waals surface area contributed by atoms with Crippen LogP contribution in [-0.4, -0.2) is 19.5 Å². The summed E-state index contributed by atoms with van der Waals surface area (Å²) in [7, 11) is 0. The monoisotopic (exact) mass is 272 g/mol. The molecule has 0 fully saturated rings. The fourth-order valence-corrected chi connectivity index (χ4v) is 1.96. The topological polar surface area (TPSA) is 112 Å². The van der Waals surface area contributed by atoms with Crippen molar-refractivity contribution in [3.63, 3.8) is 0 Å². The number of fused-ring (bicyclic) bond motifs is 1. The molecule has 3 rings (SSSR count). The SMILES string of the molecule is Cc1cc(NN)nc(Cn2c(=O)oc3cccnc32)n1. The molecule has 0 bridgehead atoms. The fraction of sp³-hybridized carbons (Fsp3) is 0.167. The van der Waals surface area contributed by atoms with E-state index in [4.69, 9.17) is 10.3 Å². The summed E-state index contributed by atoms with van der Waals surface area (Å²) >= 11 is 0. The quantitative estimate of drug-likeness (QED) is 0.525. The molecule has 0 saturated heterocycles. The lowest BCUT2D eigenvalue weighted by Gasteiger charge is -2.05. The van der Waals surface area contributed by atoms with Gasteiger partial charge >= 0.3 is 5.76 Å². The zero-order valence-electron chi connectivity index (χ0n) is 10.7. The maximum Gasteiger partial charge on any atom is 0.421 e. The van der Waals surface area contributed by atoms with Crippen LogP contribution in [0.3, 0.4) is 0 Å². The highest BCUT2D eigenvalue weighted by Gasteiger charge is 2.12. The number of nitrogen functional groups attached to an aromatic ring is 1. The van der Waals surface area contributed by atoms with Crippen molar-refractivity contribution in [2.75, 3.05) is 5.43 Å². The van der Waals surface area contributed by atoms with Crippen LogP contribution in [0, 0.1) is 6.92 Å². The first-order chi connectivity index (χ1) is 9.67. The number of nitrogens with zero attached hydrogens (tertiary/aromatic N) is 4. The number of nitrogens with two attached hydrogens (primary N) is 1. The minimum atomic E-state index is -0.494. The van der Waals surface area contributed by atoms with Crippen molar-refractivity contribution in [3.05, 3.63) is 46.5 Å². The summed E-state index contributed by atoms with van der Waals surface area (Å²) in [6, 6.07) is 5.09. The summed E-state index contributed by atoms with van der Waals surface area (Å²) in [5.74, 6) is 5.79. The predicted octanol–water partition coefficient (Wildman–Crippen LogP) is 0.422. The molecule has 0 aliphatic rings. The number of aryl methyl sites for hydroxylation is 1. The molecular weight excluding hydrogens is 260 g/mol. The van der Waals surface area contributed by atoms with Crippen LogP contribution in [0.5, 0.6) is 0 Å². The van der Waals surface area contributed by atoms with Crippen LogP contribution in [0.2, 0.25) is 0 Å². The van der Waals surface area contributed by atoms with E-state index in [1.54, 1.807) is 24.4 Å². The van der Waals surface area contributed by atoms with Crippen LogP contribution >= 0.6 is 0 Å². The Bertz CT molecular complexity index is 822. The Morgan fingerprint density at radius 1 is 1.45 bits per heavy atom. The number of pyridine rings is 1. The van der Waals surface area contributed by atoms with Crippen molar-refractivity contribution in [1.82, 2.24) is 19.5 Å². The summed E-state index contributed by atoms with van der Waals surface area (Å²) in [4.78, 5) is 24.4. The van der Waals surface area contributed by atoms with Crippen molar-refractivity contribution >= 4 is 17.0 Å². The highest BCUT2D eigenvalue weighted by atomic mass is 16.4. The van der Waals surface area contributed by atoms with Gasteiger partial charge in [-0.3, -0.25) is 4.57 Å². The average molecular weight is 272 g/mol. The second kappa shape index (κ2) is 4.74. The summed E-state index contributed by atoms with van der Waals surface area (Å²) in [6.07, 6.45) is 1.60. The Labute approximate surface area is 113 Å². The lowest BCUT2D eigenvalue weighted by atomic mass is 10.4. The van der Waals surface area contributed by atoms with Crippen LogP contribution in [-0.2, 0) is 6.54 Å². The van der Waals surface area contributed by atoms with Crippen LogP contribution in [0.15, 0.2) is 33.6 Å². The smallest absolute Gasteiger partial charge is 0.406 e. The number of anilines is 1. The summed E-state index contributed by atoms with van der Waals surface area (Å²) in [6.45, 7) is 1.99. The van der Waals surface area contributed by atoms with Crippen molar-refractivity contribution in [3.8, 4) is 0 Å². The first-order valence-corrected chi connectivity index (χ1v) is 5.93. The predicted molar refractivity (Wildman–Crippen MR) is 72.0 cm³/mol. The van der Waals surface area contributed by atoms with Crippen molar-refractivity contribution in [2.45, 2.75) is 13.5 Å². The molecule has 0 saturated carbocycles. The van der Waals surface area contributed by atoms with E-state index in [1.165, 1.54) is 4.57 Å². The molecule has 0 aromatic carbocycles. The Morgan fingerprint density at radius 3 is 3.10 bits per heavy atom. The summed E-state index contributed by atoms with van der Waals surface area (Å²) in [5, 5.41) is 0. The number of aromatic nitrogens is 4. The molecule has 0 unspecified atom stereocenters. The molecule has 8 nitrogen and oxygen atoms in total. The Hall–Kier alpha value is -2.74. The third-order valence-electron chi connectivity index (χ3n) is 2.77. The van der Waals surface area contributed by atoms with Crippen LogP contribution < -0.4 is 17.0 Å². The van der Waals surface area contributed by atoms with Gasteiger partial charge in [-0.15, -0.1) is 0 Å². The molecule has 20 heavy (non-hydrogen) atoms. The van der Waals surface area contributed by atoms with Gasteiger partial charge in [-0.2, -0.15) is 0 Å². The molecule has 0 amide bonds. The van der Waals surface area contributed by atoms with E-state index in [0.717, 1.165) is 5.69 Å². The van der Waals surface area contributed by atoms with E-state index in [-0.39, 0.29) is 6.54 Å². The molecule has 0 radical (unpaired) electrons. The highest BCUT2D eigenvalue weighted by molar-refractivity contribution is 5.67. The van der Waals surface area contributed by atoms with Gasteiger partial charge in [-0.1, -0.05) is 0 Å². The second-order valence-electron chi connectivity index (χ2n) is 4.23. The molecule has 0 spiro atoms. The van der Waals surface area contributed by atoms with Crippen molar-refractivity contribution in [1.29, 1.82) is 0 Å². The molecule has 102 valence electrons. The van der Waals surface area contributed by atoms with E-state index in [0.29, 0.717) is 22.9 Å². The second-order valence-corrected chi connectivity index (χ2v) is 4.23. The fourth-order valence-electron chi connectivity index (χ4n) is 1.96. The third kappa shape index (κ3) is 2.12. The Kier molecular flexibility index (Phi) is 2.92. The Morgan fingerprint density at radius 2 is 2.30 bits per heavy atom. The normalized spacial score (nSPS) is 10.9. The zero-order valence-corrected chi connectivity index (χ0v) is 10.7. The highest BCUT2D eigenvalue weighted by Crippen LogP contribution is 2.11. The van der Waals surface area contributed by atoms with E-state index in [2.05, 4.69) is 20.4 Å². The van der Waals surface area contributed by atoms with Crippen LogP contribution in [0.25, 0.3) is 11.2 Å². The van der Waals surface area contributed by atoms with Crippen LogP contribution in [0.4, 0.5) is 5.82 Å². The molecule has 3 aromatic heterocycles. The number of hydrazine groups is 1. The maximum atomic E-state index is 11.8. The van der Waals surface area contributed by atoms with E-state index in [9.17, 15) is 4.79 Å². The summed E-state index contributed by atoms with van der Waals surface area (Å²) in [5.41, 5.74) is 4.10. The van der Waals surface area contributed by atoms with Gasteiger partial charge in [0.05, 0.1) is 6.54 Å². The number of hydrogen-bond donors (Lipinski definition) is 2. The first kappa shape index (κ1) is 12.3. The van der Waals surface area contributed by atoms with Gasteiger partial charge in [0.25, 0.3) is 0 Å². The minimum Gasteiger partial charge on any atom is -0.406 e. The minimum absolute atomic E-state index is 0.166. The van der Waals surface area contributed by atoms with Crippen LogP contribution in [0.1, 0.15) is 11.5 Å². The lowest BCUT2D eigenvalue weighted by molar-refractivity contribution is 0.513. The van der Waals surface area contributed by atoms with E-state index >= 15 is 0 Å². The Balaban J connectivity index is 2.07. The zero-order chi connectivity index (χ0) is 14.1. The molecular formula is C12H12N6O2. The van der Waals surface area contributed by atoms with E-state index < -0.39 is 5.76 Å². The number of rotatable bonds is 3. The maximum absolute atomic E-state index is 11.8. The standard InChI is InChI=1S/C12H12N6O2/c1-7-5-9(17-13)16-10(15-7)6-18-11-8(20-12(18)19)3-2-4-14-11/h2-5H,6,13H2,1H3,(H,15,16,17). The number of hydrogen-bond acceptors (Lipinski definition) is 7. The van der Waals surface area contributed by atoms with Crippen molar-refractivity contribution in [2.24, 2.45) is 5.84 Å².